The van der Waals surface area contributed by atoms with E-state index in [1.54, 1.807) is 30.3 Å². The molecule has 132 valence electrons. The molecule has 0 saturated heterocycles. The maximum absolute atomic E-state index is 12.4. The summed E-state index contributed by atoms with van der Waals surface area (Å²) in [6, 6.07) is 14.2. The first kappa shape index (κ1) is 18.5. The van der Waals surface area contributed by atoms with E-state index in [9.17, 15) is 9.59 Å². The van der Waals surface area contributed by atoms with Crippen LogP contribution in [0.15, 0.2) is 48.5 Å². The topological polar surface area (TPSA) is 67.4 Å². The van der Waals surface area contributed by atoms with Gasteiger partial charge in [0.2, 0.25) is 0 Å². The van der Waals surface area contributed by atoms with Crippen LogP contribution in [0.1, 0.15) is 52.5 Å². The molecule has 0 aliphatic rings. The van der Waals surface area contributed by atoms with Crippen LogP contribution in [0.25, 0.3) is 0 Å². The highest BCUT2D eigenvalue weighted by Gasteiger charge is 2.14. The van der Waals surface area contributed by atoms with E-state index >= 15 is 0 Å². The third-order valence-electron chi connectivity index (χ3n) is 3.82. The number of hydrogen-bond donors (Lipinski definition) is 2. The lowest BCUT2D eigenvalue weighted by molar-refractivity contribution is 0.0844. The van der Waals surface area contributed by atoms with Gasteiger partial charge in [0.15, 0.2) is 0 Å². The second kappa shape index (κ2) is 9.47. The maximum Gasteiger partial charge on any atom is 0.273 e. The van der Waals surface area contributed by atoms with Crippen molar-refractivity contribution < 1.29 is 14.3 Å². The number of aryl methyl sites for hydroxylation is 1. The summed E-state index contributed by atoms with van der Waals surface area (Å²) >= 11 is 0. The van der Waals surface area contributed by atoms with Gasteiger partial charge in [-0.15, -0.1) is 0 Å². The normalized spacial score (nSPS) is 10.2. The molecule has 0 radical (unpaired) electrons. The smallest absolute Gasteiger partial charge is 0.273 e. The van der Waals surface area contributed by atoms with Crippen molar-refractivity contribution in [3.05, 3.63) is 65.2 Å². The quantitative estimate of drug-likeness (QED) is 0.597. The van der Waals surface area contributed by atoms with E-state index in [4.69, 9.17) is 4.74 Å². The van der Waals surface area contributed by atoms with Crippen molar-refractivity contribution in [3.8, 4) is 5.75 Å². The van der Waals surface area contributed by atoms with Crippen LogP contribution in [0.5, 0.6) is 5.75 Å². The molecule has 0 unspecified atom stereocenters. The van der Waals surface area contributed by atoms with E-state index in [0.717, 1.165) is 24.8 Å². The van der Waals surface area contributed by atoms with Crippen molar-refractivity contribution in [1.29, 1.82) is 0 Å². The average molecular weight is 340 g/mol. The molecule has 0 aliphatic carbocycles. The van der Waals surface area contributed by atoms with Crippen LogP contribution in [0, 0.1) is 6.92 Å². The number of nitrogens with one attached hydrogen (secondary N) is 2. The molecule has 2 rings (SSSR count). The van der Waals surface area contributed by atoms with E-state index < -0.39 is 5.91 Å². The first-order valence-electron chi connectivity index (χ1n) is 8.51. The molecule has 2 N–H and O–H groups in total. The Morgan fingerprint density at radius 2 is 1.48 bits per heavy atom. The minimum atomic E-state index is -0.409. The molecule has 0 saturated carbocycles. The number of ether oxygens (including phenoxy) is 1. The second-order valence-corrected chi connectivity index (χ2v) is 5.77. The number of hydrogen-bond acceptors (Lipinski definition) is 3. The Morgan fingerprint density at radius 3 is 2.16 bits per heavy atom. The van der Waals surface area contributed by atoms with Crippen molar-refractivity contribution >= 4 is 11.8 Å². The predicted octanol–water partition coefficient (Wildman–Crippen LogP) is 3.64. The number of carbonyl (C=O) groups excluding carboxylic acids is 2. The lowest BCUT2D eigenvalue weighted by Crippen LogP contribution is -2.42. The SMILES string of the molecule is CCCCCOc1ccccc1C(=O)NNC(=O)c1ccccc1C. The van der Waals surface area contributed by atoms with Gasteiger partial charge >= 0.3 is 0 Å². The molecule has 0 bridgehead atoms. The molecular formula is C20H24N2O3. The minimum Gasteiger partial charge on any atom is -0.493 e. The van der Waals surface area contributed by atoms with Gasteiger partial charge in [-0.1, -0.05) is 50.1 Å². The molecule has 5 nitrogen and oxygen atoms in total. The van der Waals surface area contributed by atoms with E-state index in [1.165, 1.54) is 0 Å². The molecule has 0 aliphatic heterocycles. The van der Waals surface area contributed by atoms with Gasteiger partial charge in [-0.25, -0.2) is 0 Å². The summed E-state index contributed by atoms with van der Waals surface area (Å²) in [5.74, 6) is -0.248. The monoisotopic (exact) mass is 340 g/mol. The zero-order chi connectivity index (χ0) is 18.1. The van der Waals surface area contributed by atoms with Crippen molar-refractivity contribution in [1.82, 2.24) is 10.9 Å². The van der Waals surface area contributed by atoms with Gasteiger partial charge in [-0.05, 0) is 37.1 Å². The van der Waals surface area contributed by atoms with Gasteiger partial charge in [-0.3, -0.25) is 20.4 Å². The number of amides is 2. The van der Waals surface area contributed by atoms with Crippen LogP contribution < -0.4 is 15.6 Å². The summed E-state index contributed by atoms with van der Waals surface area (Å²) < 4.78 is 5.70. The lowest BCUT2D eigenvalue weighted by Gasteiger charge is -2.12. The Kier molecular flexibility index (Phi) is 7.01. The summed E-state index contributed by atoms with van der Waals surface area (Å²) in [5.41, 5.74) is 6.65. The highest BCUT2D eigenvalue weighted by Crippen LogP contribution is 2.18. The molecule has 5 heteroatoms. The number of hydrazine groups is 1. The first-order chi connectivity index (χ1) is 12.1. The number of carbonyl (C=O) groups is 2. The zero-order valence-corrected chi connectivity index (χ0v) is 14.7. The minimum absolute atomic E-state index is 0.354. The number of benzene rings is 2. The summed E-state index contributed by atoms with van der Waals surface area (Å²) in [6.07, 6.45) is 3.13. The molecule has 2 aromatic carbocycles. The zero-order valence-electron chi connectivity index (χ0n) is 14.7. The largest absolute Gasteiger partial charge is 0.493 e. The fraction of sp³-hybridized carbons (Fsp3) is 0.300. The average Bonchev–Trinajstić information content (AvgIpc) is 2.64. The molecule has 0 fully saturated rings. The van der Waals surface area contributed by atoms with Crippen molar-refractivity contribution in [2.75, 3.05) is 6.61 Å². The van der Waals surface area contributed by atoms with Crippen LogP contribution in [0.2, 0.25) is 0 Å². The summed E-state index contributed by atoms with van der Waals surface area (Å²) in [7, 11) is 0. The van der Waals surface area contributed by atoms with E-state index in [0.29, 0.717) is 23.5 Å². The van der Waals surface area contributed by atoms with Gasteiger partial charge in [0.05, 0.1) is 12.2 Å². The van der Waals surface area contributed by atoms with Gasteiger partial charge in [0.1, 0.15) is 5.75 Å². The lowest BCUT2D eigenvalue weighted by atomic mass is 10.1. The van der Waals surface area contributed by atoms with E-state index in [1.807, 2.05) is 25.1 Å². The first-order valence-corrected chi connectivity index (χ1v) is 8.51. The third kappa shape index (κ3) is 5.35. The molecule has 25 heavy (non-hydrogen) atoms. The third-order valence-corrected chi connectivity index (χ3v) is 3.82. The second-order valence-electron chi connectivity index (χ2n) is 5.77. The molecular weight excluding hydrogens is 316 g/mol. The molecule has 2 amide bonds. The summed E-state index contributed by atoms with van der Waals surface area (Å²) in [6.45, 7) is 4.53. The standard InChI is InChI=1S/C20H24N2O3/c1-3-4-9-14-25-18-13-8-7-12-17(18)20(24)22-21-19(23)16-11-6-5-10-15(16)2/h5-8,10-13H,3-4,9,14H2,1-2H3,(H,21,23)(H,22,24). The summed E-state index contributed by atoms with van der Waals surface area (Å²) in [4.78, 5) is 24.5. The van der Waals surface area contributed by atoms with Crippen LogP contribution in [-0.4, -0.2) is 18.4 Å². The molecule has 0 spiro atoms. The Balaban J connectivity index is 1.96. The fourth-order valence-electron chi connectivity index (χ4n) is 2.39. The number of rotatable bonds is 7. The molecule has 0 heterocycles. The number of para-hydroxylation sites is 1. The summed E-state index contributed by atoms with van der Waals surface area (Å²) in [5, 5.41) is 0. The van der Waals surface area contributed by atoms with Crippen LogP contribution in [0.4, 0.5) is 0 Å². The van der Waals surface area contributed by atoms with Crippen molar-refractivity contribution in [3.63, 3.8) is 0 Å². The Bertz CT molecular complexity index is 728. The Labute approximate surface area is 148 Å². The van der Waals surface area contributed by atoms with Crippen LogP contribution in [-0.2, 0) is 0 Å². The highest BCUT2D eigenvalue weighted by atomic mass is 16.5. The number of unbranched alkanes of at least 4 members (excludes halogenated alkanes) is 2. The maximum atomic E-state index is 12.4. The predicted molar refractivity (Wildman–Crippen MR) is 97.6 cm³/mol. The van der Waals surface area contributed by atoms with E-state index in [2.05, 4.69) is 17.8 Å². The Hall–Kier alpha value is -2.82. The highest BCUT2D eigenvalue weighted by molar-refractivity contribution is 6.00. The van der Waals surface area contributed by atoms with Crippen LogP contribution >= 0.6 is 0 Å². The molecule has 0 atom stereocenters. The molecule has 2 aromatic rings. The van der Waals surface area contributed by atoms with E-state index in [-0.39, 0.29) is 5.91 Å². The van der Waals surface area contributed by atoms with Gasteiger partial charge in [0.25, 0.3) is 11.8 Å². The van der Waals surface area contributed by atoms with Crippen molar-refractivity contribution in [2.24, 2.45) is 0 Å². The Morgan fingerprint density at radius 1 is 0.880 bits per heavy atom. The van der Waals surface area contributed by atoms with Crippen molar-refractivity contribution in [2.45, 2.75) is 33.1 Å². The van der Waals surface area contributed by atoms with Crippen LogP contribution in [0.3, 0.4) is 0 Å². The fourth-order valence-corrected chi connectivity index (χ4v) is 2.39. The van der Waals surface area contributed by atoms with Gasteiger partial charge < -0.3 is 4.74 Å². The van der Waals surface area contributed by atoms with Gasteiger partial charge in [-0.2, -0.15) is 0 Å². The van der Waals surface area contributed by atoms with Gasteiger partial charge in [0, 0.05) is 5.56 Å². The molecule has 0 aromatic heterocycles.